The van der Waals surface area contributed by atoms with Crippen molar-refractivity contribution < 1.29 is 0 Å². The van der Waals surface area contributed by atoms with Crippen LogP contribution in [0, 0.1) is 6.92 Å². The van der Waals surface area contributed by atoms with Crippen molar-refractivity contribution in [2.75, 3.05) is 11.9 Å². The Bertz CT molecular complexity index is 358. The van der Waals surface area contributed by atoms with E-state index in [0.717, 1.165) is 6.54 Å². The predicted octanol–water partition coefficient (Wildman–Crippen LogP) is 2.94. The van der Waals surface area contributed by atoms with Crippen molar-refractivity contribution in [1.29, 1.82) is 0 Å². The van der Waals surface area contributed by atoms with E-state index in [0.29, 0.717) is 6.04 Å². The van der Waals surface area contributed by atoms with Gasteiger partial charge < -0.3 is 10.6 Å². The first-order chi connectivity index (χ1) is 7.55. The largest absolute Gasteiger partial charge is 0.382 e. The quantitative estimate of drug-likeness (QED) is 0.797. The van der Waals surface area contributed by atoms with Gasteiger partial charge in [-0.3, -0.25) is 0 Å². The zero-order valence-electron chi connectivity index (χ0n) is 10.5. The number of nitrogens with one attached hydrogen (secondary N) is 2. The number of anilines is 1. The van der Waals surface area contributed by atoms with Gasteiger partial charge in [0.2, 0.25) is 0 Å². The molecule has 0 aliphatic carbocycles. The van der Waals surface area contributed by atoms with Crippen molar-refractivity contribution in [1.82, 2.24) is 5.32 Å². The number of hydrogen-bond acceptors (Lipinski definition) is 2. The summed E-state index contributed by atoms with van der Waals surface area (Å²) < 4.78 is 0. The lowest BCUT2D eigenvalue weighted by Crippen LogP contribution is -2.49. The Labute approximate surface area is 98.4 Å². The number of piperidine rings is 1. The molecule has 0 spiro atoms. The first-order valence-electron chi connectivity index (χ1n) is 6.13. The van der Waals surface area contributed by atoms with E-state index in [1.165, 1.54) is 24.1 Å². The fourth-order valence-corrected chi connectivity index (χ4v) is 2.47. The molecular formula is C14H22N2. The summed E-state index contributed by atoms with van der Waals surface area (Å²) in [6.07, 6.45) is 2.39. The van der Waals surface area contributed by atoms with Crippen molar-refractivity contribution in [3.63, 3.8) is 0 Å². The molecule has 2 heteroatoms. The highest BCUT2D eigenvalue weighted by Crippen LogP contribution is 2.22. The van der Waals surface area contributed by atoms with Gasteiger partial charge in [-0.1, -0.05) is 12.1 Å². The summed E-state index contributed by atoms with van der Waals surface area (Å²) >= 11 is 0. The molecule has 0 radical (unpaired) electrons. The third kappa shape index (κ3) is 2.99. The minimum Gasteiger partial charge on any atom is -0.382 e. The number of hydrogen-bond donors (Lipinski definition) is 2. The smallest absolute Gasteiger partial charge is 0.0344 e. The van der Waals surface area contributed by atoms with Gasteiger partial charge in [-0.15, -0.1) is 0 Å². The number of rotatable bonds is 2. The third-order valence-corrected chi connectivity index (χ3v) is 3.24. The molecule has 1 aromatic rings. The molecule has 0 saturated carbocycles. The Balaban J connectivity index is 1.99. The summed E-state index contributed by atoms with van der Waals surface area (Å²) in [4.78, 5) is 0. The average molecular weight is 218 g/mol. The minimum absolute atomic E-state index is 0.264. The van der Waals surface area contributed by atoms with Gasteiger partial charge in [-0.25, -0.2) is 0 Å². The molecule has 0 aromatic heterocycles. The second-order valence-electron chi connectivity index (χ2n) is 5.51. The molecule has 1 aliphatic heterocycles. The SMILES string of the molecule is Cc1cccc(NC2CCNC(C)(C)C2)c1. The van der Waals surface area contributed by atoms with Crippen molar-refractivity contribution >= 4 is 5.69 Å². The molecule has 2 rings (SSSR count). The highest BCUT2D eigenvalue weighted by atomic mass is 15.0. The maximum atomic E-state index is 3.64. The van der Waals surface area contributed by atoms with Crippen LogP contribution in [0.3, 0.4) is 0 Å². The van der Waals surface area contributed by atoms with Crippen LogP contribution in [0.15, 0.2) is 24.3 Å². The Hall–Kier alpha value is -1.02. The summed E-state index contributed by atoms with van der Waals surface area (Å²) in [7, 11) is 0. The minimum atomic E-state index is 0.264. The summed E-state index contributed by atoms with van der Waals surface area (Å²) in [5.41, 5.74) is 2.83. The zero-order valence-corrected chi connectivity index (χ0v) is 10.5. The Morgan fingerprint density at radius 2 is 2.19 bits per heavy atom. The topological polar surface area (TPSA) is 24.1 Å². The highest BCUT2D eigenvalue weighted by Gasteiger charge is 2.26. The molecule has 0 amide bonds. The van der Waals surface area contributed by atoms with Crippen LogP contribution in [-0.2, 0) is 0 Å². The molecule has 1 aliphatic rings. The van der Waals surface area contributed by atoms with Crippen LogP contribution in [0.2, 0.25) is 0 Å². The van der Waals surface area contributed by atoms with Gasteiger partial charge in [0, 0.05) is 17.3 Å². The van der Waals surface area contributed by atoms with Crippen molar-refractivity contribution in [3.8, 4) is 0 Å². The van der Waals surface area contributed by atoms with Crippen LogP contribution in [0.25, 0.3) is 0 Å². The zero-order chi connectivity index (χ0) is 11.6. The second-order valence-corrected chi connectivity index (χ2v) is 5.51. The van der Waals surface area contributed by atoms with Gasteiger partial charge in [-0.2, -0.15) is 0 Å². The molecule has 1 fully saturated rings. The van der Waals surface area contributed by atoms with Crippen molar-refractivity contribution in [3.05, 3.63) is 29.8 Å². The second kappa shape index (κ2) is 4.46. The van der Waals surface area contributed by atoms with Crippen LogP contribution in [-0.4, -0.2) is 18.1 Å². The van der Waals surface area contributed by atoms with E-state index in [-0.39, 0.29) is 5.54 Å². The van der Waals surface area contributed by atoms with Crippen LogP contribution in [0.5, 0.6) is 0 Å². The maximum Gasteiger partial charge on any atom is 0.0344 e. The summed E-state index contributed by atoms with van der Waals surface area (Å²) in [6, 6.07) is 9.22. The summed E-state index contributed by atoms with van der Waals surface area (Å²) in [6.45, 7) is 7.79. The summed E-state index contributed by atoms with van der Waals surface area (Å²) in [5, 5.41) is 7.18. The van der Waals surface area contributed by atoms with E-state index < -0.39 is 0 Å². The standard InChI is InChI=1S/C14H22N2/c1-11-5-4-6-12(9-11)16-13-7-8-15-14(2,3)10-13/h4-6,9,13,15-16H,7-8,10H2,1-3H3. The lowest BCUT2D eigenvalue weighted by molar-refractivity contribution is 0.286. The molecule has 16 heavy (non-hydrogen) atoms. The van der Waals surface area contributed by atoms with E-state index in [4.69, 9.17) is 0 Å². The van der Waals surface area contributed by atoms with Crippen LogP contribution in [0.4, 0.5) is 5.69 Å². The third-order valence-electron chi connectivity index (χ3n) is 3.24. The molecule has 1 saturated heterocycles. The number of benzene rings is 1. The molecule has 1 aromatic carbocycles. The maximum absolute atomic E-state index is 3.64. The van der Waals surface area contributed by atoms with Gasteiger partial charge in [0.05, 0.1) is 0 Å². The van der Waals surface area contributed by atoms with Crippen molar-refractivity contribution in [2.24, 2.45) is 0 Å². The Morgan fingerprint density at radius 1 is 1.38 bits per heavy atom. The molecule has 2 nitrogen and oxygen atoms in total. The first-order valence-corrected chi connectivity index (χ1v) is 6.13. The molecular weight excluding hydrogens is 196 g/mol. The molecule has 88 valence electrons. The Morgan fingerprint density at radius 3 is 2.88 bits per heavy atom. The van der Waals surface area contributed by atoms with Gasteiger partial charge >= 0.3 is 0 Å². The van der Waals surface area contributed by atoms with Gasteiger partial charge in [0.25, 0.3) is 0 Å². The molecule has 0 bridgehead atoms. The monoisotopic (exact) mass is 218 g/mol. The van der Waals surface area contributed by atoms with Crippen LogP contribution in [0.1, 0.15) is 32.3 Å². The average Bonchev–Trinajstić information content (AvgIpc) is 2.15. The predicted molar refractivity (Wildman–Crippen MR) is 69.9 cm³/mol. The first kappa shape index (κ1) is 11.5. The molecule has 1 unspecified atom stereocenters. The van der Waals surface area contributed by atoms with E-state index in [2.05, 4.69) is 55.7 Å². The van der Waals surface area contributed by atoms with E-state index in [1.54, 1.807) is 0 Å². The lowest BCUT2D eigenvalue weighted by atomic mass is 9.89. The molecule has 1 atom stereocenters. The fraction of sp³-hybridized carbons (Fsp3) is 0.571. The fourth-order valence-electron chi connectivity index (χ4n) is 2.47. The van der Waals surface area contributed by atoms with Gasteiger partial charge in [0.15, 0.2) is 0 Å². The lowest BCUT2D eigenvalue weighted by Gasteiger charge is -2.37. The van der Waals surface area contributed by atoms with Crippen LogP contribution >= 0.6 is 0 Å². The van der Waals surface area contributed by atoms with Gasteiger partial charge in [-0.05, 0) is 57.9 Å². The molecule has 2 N–H and O–H groups in total. The van der Waals surface area contributed by atoms with E-state index >= 15 is 0 Å². The molecule has 1 heterocycles. The van der Waals surface area contributed by atoms with E-state index in [9.17, 15) is 0 Å². The number of aryl methyl sites for hydroxylation is 1. The van der Waals surface area contributed by atoms with E-state index in [1.807, 2.05) is 0 Å². The Kier molecular flexibility index (Phi) is 3.20. The normalized spacial score (nSPS) is 24.1. The highest BCUT2D eigenvalue weighted by molar-refractivity contribution is 5.46. The van der Waals surface area contributed by atoms with Gasteiger partial charge in [0.1, 0.15) is 0 Å². The van der Waals surface area contributed by atoms with Crippen LogP contribution < -0.4 is 10.6 Å². The summed E-state index contributed by atoms with van der Waals surface area (Å²) in [5.74, 6) is 0. The van der Waals surface area contributed by atoms with Crippen molar-refractivity contribution in [2.45, 2.75) is 45.2 Å².